The Morgan fingerprint density at radius 2 is 1.69 bits per heavy atom. The van der Waals surface area contributed by atoms with Crippen LogP contribution in [0.5, 0.6) is 0 Å². The molecule has 0 bridgehead atoms. The van der Waals surface area contributed by atoms with Gasteiger partial charge in [0, 0.05) is 5.39 Å². The van der Waals surface area contributed by atoms with Gasteiger partial charge in [-0.2, -0.15) is 4.68 Å². The molecule has 3 heterocycles. The molecule has 0 aliphatic rings. The van der Waals surface area contributed by atoms with E-state index in [1.54, 1.807) is 30.3 Å². The van der Waals surface area contributed by atoms with Gasteiger partial charge in [-0.1, -0.05) is 29.5 Å². The van der Waals surface area contributed by atoms with E-state index in [-0.39, 0.29) is 23.4 Å². The van der Waals surface area contributed by atoms with Gasteiger partial charge in [0.2, 0.25) is 5.58 Å². The minimum atomic E-state index is -0.381. The zero-order valence-electron chi connectivity index (χ0n) is 13.4. The van der Waals surface area contributed by atoms with Gasteiger partial charge in [-0.15, -0.1) is 5.10 Å². The van der Waals surface area contributed by atoms with E-state index in [4.69, 9.17) is 4.42 Å². The molecule has 0 unspecified atom stereocenters. The van der Waals surface area contributed by atoms with Crippen molar-refractivity contribution in [3.8, 4) is 0 Å². The lowest BCUT2D eigenvalue weighted by molar-refractivity contribution is 0.483. The zero-order chi connectivity index (χ0) is 17.7. The summed E-state index contributed by atoms with van der Waals surface area (Å²) in [4.78, 5) is 29.6. The molecule has 0 N–H and O–H groups in total. The highest BCUT2D eigenvalue weighted by molar-refractivity contribution is 6.01. The maximum atomic E-state index is 12.7. The zero-order valence-corrected chi connectivity index (χ0v) is 13.4. The molecule has 8 heteroatoms. The van der Waals surface area contributed by atoms with Crippen LogP contribution in [-0.4, -0.2) is 24.5 Å². The van der Waals surface area contributed by atoms with Crippen molar-refractivity contribution < 1.29 is 4.42 Å². The van der Waals surface area contributed by atoms with Gasteiger partial charge in [-0.25, -0.2) is 4.98 Å². The Morgan fingerprint density at radius 1 is 0.923 bits per heavy atom. The Balaban J connectivity index is 1.67. The van der Waals surface area contributed by atoms with Gasteiger partial charge in [-0.05, 0) is 24.3 Å². The highest BCUT2D eigenvalue weighted by Gasteiger charge is 2.14. The van der Waals surface area contributed by atoms with E-state index in [1.165, 1.54) is 10.9 Å². The van der Waals surface area contributed by atoms with Gasteiger partial charge < -0.3 is 4.42 Å². The van der Waals surface area contributed by atoms with E-state index in [0.29, 0.717) is 22.0 Å². The molecule has 5 aromatic rings. The first-order valence-corrected chi connectivity index (χ1v) is 7.91. The monoisotopic (exact) mass is 345 g/mol. The topological polar surface area (TPSA) is 95.8 Å². The Morgan fingerprint density at radius 3 is 2.58 bits per heavy atom. The smallest absolute Gasteiger partial charge is 0.298 e. The first-order valence-electron chi connectivity index (χ1n) is 7.91. The average molecular weight is 345 g/mol. The van der Waals surface area contributed by atoms with Crippen molar-refractivity contribution in [1.29, 1.82) is 0 Å². The van der Waals surface area contributed by atoms with E-state index in [9.17, 15) is 9.59 Å². The highest BCUT2D eigenvalue weighted by atomic mass is 16.3. The van der Waals surface area contributed by atoms with E-state index < -0.39 is 0 Å². The number of hydrogen-bond acceptors (Lipinski definition) is 6. The number of nitrogens with zero attached hydrogens (tertiary/aromatic N) is 5. The third-order valence-electron chi connectivity index (χ3n) is 4.27. The molecule has 0 atom stereocenters. The van der Waals surface area contributed by atoms with Crippen LogP contribution in [0.15, 0.2) is 68.9 Å². The molecule has 0 radical (unpaired) electrons. The van der Waals surface area contributed by atoms with Crippen molar-refractivity contribution in [1.82, 2.24) is 24.5 Å². The van der Waals surface area contributed by atoms with Gasteiger partial charge in [0.15, 0.2) is 0 Å². The molecule has 0 saturated carbocycles. The third kappa shape index (κ3) is 2.05. The summed E-state index contributed by atoms with van der Waals surface area (Å²) >= 11 is 0. The first-order chi connectivity index (χ1) is 12.7. The van der Waals surface area contributed by atoms with Crippen LogP contribution in [0.4, 0.5) is 0 Å². The molecule has 0 saturated heterocycles. The minimum Gasteiger partial charge on any atom is -0.448 e. The van der Waals surface area contributed by atoms with Crippen molar-refractivity contribution in [2.75, 3.05) is 0 Å². The fourth-order valence-electron chi connectivity index (χ4n) is 2.98. The number of benzene rings is 2. The van der Waals surface area contributed by atoms with Crippen LogP contribution < -0.4 is 11.1 Å². The molecule has 126 valence electrons. The molecule has 5 rings (SSSR count). The summed E-state index contributed by atoms with van der Waals surface area (Å²) in [7, 11) is 0. The molecule has 26 heavy (non-hydrogen) atoms. The first kappa shape index (κ1) is 14.5. The second-order valence-corrected chi connectivity index (χ2v) is 5.85. The third-order valence-corrected chi connectivity index (χ3v) is 4.27. The lowest BCUT2D eigenvalue weighted by atomic mass is 10.2. The summed E-state index contributed by atoms with van der Waals surface area (Å²) in [6.45, 7) is -0.102. The second kappa shape index (κ2) is 5.35. The quantitative estimate of drug-likeness (QED) is 0.484. The van der Waals surface area contributed by atoms with E-state index in [2.05, 4.69) is 15.3 Å². The molecule has 0 spiro atoms. The van der Waals surface area contributed by atoms with Crippen molar-refractivity contribution in [2.45, 2.75) is 6.67 Å². The number of fused-ring (bicyclic) bond motifs is 4. The molecule has 0 aliphatic carbocycles. The predicted octanol–water partition coefficient (Wildman–Crippen LogP) is 1.75. The van der Waals surface area contributed by atoms with Crippen LogP contribution in [0.3, 0.4) is 0 Å². The number of hydrogen-bond donors (Lipinski definition) is 0. The molecule has 0 fully saturated rings. The standard InChI is InChI=1S/C18H11N5O3/c24-17-11-5-1-3-7-13(11)20-21-23(17)10-22-9-19-15-12-6-2-4-8-14(12)26-16(15)18(22)25/h1-9H,10H2. The molecular formula is C18H11N5O3. The van der Waals surface area contributed by atoms with Gasteiger partial charge in [-0.3, -0.25) is 14.2 Å². The van der Waals surface area contributed by atoms with Crippen molar-refractivity contribution in [3.63, 3.8) is 0 Å². The fourth-order valence-corrected chi connectivity index (χ4v) is 2.98. The largest absolute Gasteiger partial charge is 0.448 e. The van der Waals surface area contributed by atoms with Crippen molar-refractivity contribution in [3.05, 3.63) is 75.6 Å². The maximum absolute atomic E-state index is 12.7. The average Bonchev–Trinajstić information content (AvgIpc) is 3.06. The summed E-state index contributed by atoms with van der Waals surface area (Å²) in [6.07, 6.45) is 1.38. The summed E-state index contributed by atoms with van der Waals surface area (Å²) < 4.78 is 8.04. The molecular weight excluding hydrogens is 334 g/mol. The van der Waals surface area contributed by atoms with Crippen LogP contribution in [0, 0.1) is 0 Å². The van der Waals surface area contributed by atoms with Gasteiger partial charge in [0.05, 0.1) is 5.39 Å². The summed E-state index contributed by atoms with van der Waals surface area (Å²) in [5.41, 5.74) is 1.04. The molecule has 2 aromatic carbocycles. The fraction of sp³-hybridized carbons (Fsp3) is 0.0556. The minimum absolute atomic E-state index is 0.102. The van der Waals surface area contributed by atoms with Crippen molar-refractivity contribution >= 4 is 33.0 Å². The van der Waals surface area contributed by atoms with Crippen molar-refractivity contribution in [2.24, 2.45) is 0 Å². The van der Waals surface area contributed by atoms with Crippen LogP contribution in [0.1, 0.15) is 0 Å². The Hall–Kier alpha value is -3.81. The van der Waals surface area contributed by atoms with Gasteiger partial charge in [0.25, 0.3) is 11.1 Å². The van der Waals surface area contributed by atoms with Crippen LogP contribution in [0.2, 0.25) is 0 Å². The molecule has 3 aromatic heterocycles. The number of rotatable bonds is 2. The summed E-state index contributed by atoms with van der Waals surface area (Å²) in [5, 5.41) is 9.13. The van der Waals surface area contributed by atoms with Gasteiger partial charge in [0.1, 0.15) is 29.6 Å². The lowest BCUT2D eigenvalue weighted by Crippen LogP contribution is -2.32. The highest BCUT2D eigenvalue weighted by Crippen LogP contribution is 2.23. The predicted molar refractivity (Wildman–Crippen MR) is 95.0 cm³/mol. The Labute approximate surface area is 144 Å². The number of para-hydroxylation sites is 1. The number of aromatic nitrogens is 5. The summed E-state index contributed by atoms with van der Waals surface area (Å²) in [5.74, 6) is 0. The normalized spacial score (nSPS) is 11.5. The van der Waals surface area contributed by atoms with E-state index in [1.807, 2.05) is 18.2 Å². The molecule has 0 amide bonds. The van der Waals surface area contributed by atoms with Crippen LogP contribution in [-0.2, 0) is 6.67 Å². The Bertz CT molecular complexity index is 1410. The second-order valence-electron chi connectivity index (χ2n) is 5.85. The number of furan rings is 1. The summed E-state index contributed by atoms with van der Waals surface area (Å²) in [6, 6.07) is 14.2. The molecule has 8 nitrogen and oxygen atoms in total. The maximum Gasteiger partial charge on any atom is 0.298 e. The van der Waals surface area contributed by atoms with Gasteiger partial charge >= 0.3 is 0 Å². The molecule has 0 aliphatic heterocycles. The SMILES string of the molecule is O=c1c2oc3ccccc3c2ncn1Cn1nnc2ccccc2c1=O. The van der Waals surface area contributed by atoms with Crippen LogP contribution >= 0.6 is 0 Å². The van der Waals surface area contributed by atoms with Crippen LogP contribution in [0.25, 0.3) is 33.0 Å². The Kier molecular flexibility index (Phi) is 2.99. The lowest BCUT2D eigenvalue weighted by Gasteiger charge is -2.06. The van der Waals surface area contributed by atoms with E-state index >= 15 is 0 Å². The van der Waals surface area contributed by atoms with E-state index in [0.717, 1.165) is 10.1 Å².